The van der Waals surface area contributed by atoms with Crippen molar-refractivity contribution in [3.63, 3.8) is 0 Å². The zero-order chi connectivity index (χ0) is 15.6. The number of aromatic nitrogens is 5. The van der Waals surface area contributed by atoms with Crippen LogP contribution in [0.5, 0.6) is 0 Å². The van der Waals surface area contributed by atoms with Crippen molar-refractivity contribution >= 4 is 17.7 Å². The van der Waals surface area contributed by atoms with Gasteiger partial charge in [0, 0.05) is 23.7 Å². The number of anilines is 2. The molecule has 2 heterocycles. The van der Waals surface area contributed by atoms with Gasteiger partial charge < -0.3 is 5.32 Å². The van der Waals surface area contributed by atoms with E-state index in [9.17, 15) is 4.79 Å². The molecule has 2 aromatic rings. The van der Waals surface area contributed by atoms with Gasteiger partial charge in [-0.05, 0) is 17.3 Å². The van der Waals surface area contributed by atoms with E-state index < -0.39 is 0 Å². The lowest BCUT2D eigenvalue weighted by Crippen LogP contribution is -2.19. The Labute approximate surface area is 123 Å². The molecule has 0 saturated heterocycles. The van der Waals surface area contributed by atoms with E-state index in [0.717, 1.165) is 5.69 Å². The fraction of sp³-hybridized carbons (Fsp3) is 0.462. The van der Waals surface area contributed by atoms with Gasteiger partial charge in [0.15, 0.2) is 0 Å². The maximum absolute atomic E-state index is 12.3. The quantitative estimate of drug-likeness (QED) is 0.881. The standard InChI is InChI=1S/C13H19N7O/c1-13(2,3)9-6-8(7-10(14-4)15-9)11(21)16-12-17-19-20(5)18-12/h6-7H,1-5H3,(H,14,15)(H,16,18,21). The predicted molar refractivity (Wildman–Crippen MR) is 79.2 cm³/mol. The fourth-order valence-electron chi connectivity index (χ4n) is 1.68. The number of hydrogen-bond acceptors (Lipinski definition) is 6. The Kier molecular flexibility index (Phi) is 3.88. The van der Waals surface area contributed by atoms with Crippen molar-refractivity contribution in [1.29, 1.82) is 0 Å². The van der Waals surface area contributed by atoms with Crippen molar-refractivity contribution in [3.05, 3.63) is 23.4 Å². The SMILES string of the molecule is CNc1cc(C(=O)Nc2nnn(C)n2)cc(C(C)(C)C)n1. The smallest absolute Gasteiger partial charge is 0.270 e. The summed E-state index contributed by atoms with van der Waals surface area (Å²) in [6, 6.07) is 3.45. The molecule has 0 bridgehead atoms. The molecule has 21 heavy (non-hydrogen) atoms. The lowest BCUT2D eigenvalue weighted by Gasteiger charge is -2.19. The Bertz CT molecular complexity index is 657. The first-order chi connectivity index (χ1) is 9.79. The van der Waals surface area contributed by atoms with E-state index in [1.165, 1.54) is 4.80 Å². The summed E-state index contributed by atoms with van der Waals surface area (Å²) in [5.41, 5.74) is 1.16. The second-order valence-electron chi connectivity index (χ2n) is 5.68. The maximum atomic E-state index is 12.3. The second kappa shape index (κ2) is 5.47. The lowest BCUT2D eigenvalue weighted by molar-refractivity contribution is 0.102. The molecule has 8 heteroatoms. The molecule has 0 saturated carbocycles. The second-order valence-corrected chi connectivity index (χ2v) is 5.68. The highest BCUT2D eigenvalue weighted by Gasteiger charge is 2.19. The minimum Gasteiger partial charge on any atom is -0.373 e. The zero-order valence-corrected chi connectivity index (χ0v) is 12.8. The van der Waals surface area contributed by atoms with Gasteiger partial charge in [0.1, 0.15) is 5.82 Å². The highest BCUT2D eigenvalue weighted by Crippen LogP contribution is 2.23. The van der Waals surface area contributed by atoms with Crippen LogP contribution in [0.4, 0.5) is 11.8 Å². The van der Waals surface area contributed by atoms with Crippen molar-refractivity contribution in [1.82, 2.24) is 25.2 Å². The molecule has 2 rings (SSSR count). The number of tetrazole rings is 1. The Morgan fingerprint density at radius 3 is 2.52 bits per heavy atom. The van der Waals surface area contributed by atoms with Gasteiger partial charge in [0.05, 0.1) is 7.05 Å². The molecule has 8 nitrogen and oxygen atoms in total. The summed E-state index contributed by atoms with van der Waals surface area (Å²) < 4.78 is 0. The van der Waals surface area contributed by atoms with Crippen LogP contribution in [0.3, 0.4) is 0 Å². The molecule has 0 aromatic carbocycles. The third-order valence-electron chi connectivity index (χ3n) is 2.85. The average Bonchev–Trinajstić information content (AvgIpc) is 2.82. The van der Waals surface area contributed by atoms with Crippen LogP contribution < -0.4 is 10.6 Å². The fourth-order valence-corrected chi connectivity index (χ4v) is 1.68. The summed E-state index contributed by atoms with van der Waals surface area (Å²) >= 11 is 0. The molecule has 112 valence electrons. The van der Waals surface area contributed by atoms with Crippen LogP contribution >= 0.6 is 0 Å². The van der Waals surface area contributed by atoms with Gasteiger partial charge in [-0.25, -0.2) is 4.98 Å². The van der Waals surface area contributed by atoms with Crippen LogP contribution in [-0.4, -0.2) is 38.1 Å². The monoisotopic (exact) mass is 289 g/mol. The molecule has 2 aromatic heterocycles. The molecular formula is C13H19N7O. The van der Waals surface area contributed by atoms with E-state index in [1.807, 2.05) is 20.8 Å². The molecular weight excluding hydrogens is 270 g/mol. The average molecular weight is 289 g/mol. The molecule has 0 aliphatic carbocycles. The van der Waals surface area contributed by atoms with E-state index in [4.69, 9.17) is 0 Å². The molecule has 0 aliphatic rings. The van der Waals surface area contributed by atoms with E-state index in [2.05, 4.69) is 31.0 Å². The number of aryl methyl sites for hydroxylation is 1. The molecule has 0 radical (unpaired) electrons. The number of nitrogens with one attached hydrogen (secondary N) is 2. The van der Waals surface area contributed by atoms with E-state index >= 15 is 0 Å². The lowest BCUT2D eigenvalue weighted by atomic mass is 9.90. The van der Waals surface area contributed by atoms with Crippen LogP contribution in [0, 0.1) is 0 Å². The summed E-state index contributed by atoms with van der Waals surface area (Å²) in [5.74, 6) is 0.509. The van der Waals surface area contributed by atoms with Crippen molar-refractivity contribution in [2.75, 3.05) is 17.7 Å². The van der Waals surface area contributed by atoms with Crippen molar-refractivity contribution in [2.24, 2.45) is 7.05 Å². The largest absolute Gasteiger partial charge is 0.373 e. The van der Waals surface area contributed by atoms with Gasteiger partial charge >= 0.3 is 0 Å². The summed E-state index contributed by atoms with van der Waals surface area (Å²) in [6.07, 6.45) is 0. The van der Waals surface area contributed by atoms with Crippen LogP contribution in [0.1, 0.15) is 36.8 Å². The molecule has 0 spiro atoms. The highest BCUT2D eigenvalue weighted by atomic mass is 16.1. The van der Waals surface area contributed by atoms with Crippen LogP contribution in [0.15, 0.2) is 12.1 Å². The number of carbonyl (C=O) groups excluding carboxylic acids is 1. The van der Waals surface area contributed by atoms with E-state index in [-0.39, 0.29) is 17.3 Å². The molecule has 0 fully saturated rings. The molecule has 0 atom stereocenters. The van der Waals surface area contributed by atoms with Crippen LogP contribution in [-0.2, 0) is 12.5 Å². The van der Waals surface area contributed by atoms with Gasteiger partial charge in [0.25, 0.3) is 11.9 Å². The van der Waals surface area contributed by atoms with Crippen molar-refractivity contribution in [2.45, 2.75) is 26.2 Å². The predicted octanol–water partition coefficient (Wildman–Crippen LogP) is 1.20. The number of rotatable bonds is 3. The highest BCUT2D eigenvalue weighted by molar-refractivity contribution is 6.03. The first kappa shape index (κ1) is 14.9. The minimum atomic E-state index is -0.299. The Hall–Kier alpha value is -2.51. The Morgan fingerprint density at radius 2 is 2.00 bits per heavy atom. The molecule has 0 aliphatic heterocycles. The van der Waals surface area contributed by atoms with Gasteiger partial charge in [-0.3, -0.25) is 10.1 Å². The zero-order valence-electron chi connectivity index (χ0n) is 12.8. The first-order valence-corrected chi connectivity index (χ1v) is 6.55. The van der Waals surface area contributed by atoms with Crippen molar-refractivity contribution in [3.8, 4) is 0 Å². The minimum absolute atomic E-state index is 0.160. The van der Waals surface area contributed by atoms with Gasteiger partial charge in [-0.1, -0.05) is 25.9 Å². The van der Waals surface area contributed by atoms with E-state index in [0.29, 0.717) is 11.4 Å². The third-order valence-corrected chi connectivity index (χ3v) is 2.85. The van der Waals surface area contributed by atoms with Gasteiger partial charge in [-0.2, -0.15) is 4.80 Å². The normalized spacial score (nSPS) is 11.3. The summed E-state index contributed by atoms with van der Waals surface area (Å²) in [7, 11) is 3.40. The number of carbonyl (C=O) groups is 1. The number of nitrogens with zero attached hydrogens (tertiary/aromatic N) is 5. The Balaban J connectivity index is 2.31. The van der Waals surface area contributed by atoms with Crippen LogP contribution in [0.25, 0.3) is 0 Å². The van der Waals surface area contributed by atoms with Gasteiger partial charge in [0.2, 0.25) is 0 Å². The topological polar surface area (TPSA) is 97.6 Å². The summed E-state index contributed by atoms with van der Waals surface area (Å²) in [5, 5.41) is 16.9. The van der Waals surface area contributed by atoms with Crippen molar-refractivity contribution < 1.29 is 4.79 Å². The van der Waals surface area contributed by atoms with Gasteiger partial charge in [-0.15, -0.1) is 5.10 Å². The molecule has 1 amide bonds. The maximum Gasteiger partial charge on any atom is 0.270 e. The first-order valence-electron chi connectivity index (χ1n) is 6.55. The molecule has 2 N–H and O–H groups in total. The Morgan fingerprint density at radius 1 is 1.29 bits per heavy atom. The number of amides is 1. The third kappa shape index (κ3) is 3.53. The summed E-state index contributed by atoms with van der Waals surface area (Å²) in [6.45, 7) is 6.13. The summed E-state index contributed by atoms with van der Waals surface area (Å²) in [4.78, 5) is 18.0. The number of pyridine rings is 1. The van der Waals surface area contributed by atoms with Crippen LogP contribution in [0.2, 0.25) is 0 Å². The molecule has 0 unspecified atom stereocenters. The number of hydrogen-bond donors (Lipinski definition) is 2. The van der Waals surface area contributed by atoms with E-state index in [1.54, 1.807) is 26.2 Å².